The first-order valence-corrected chi connectivity index (χ1v) is 11.3. The molecule has 35 heavy (non-hydrogen) atoms. The summed E-state index contributed by atoms with van der Waals surface area (Å²) in [6, 6.07) is 18.2. The van der Waals surface area contributed by atoms with Gasteiger partial charge < -0.3 is 14.8 Å². The van der Waals surface area contributed by atoms with Crippen LogP contribution in [0.5, 0.6) is 11.5 Å². The summed E-state index contributed by atoms with van der Waals surface area (Å²) in [5, 5.41) is 13.6. The molecule has 1 aliphatic heterocycles. The molecule has 1 heterocycles. The van der Waals surface area contributed by atoms with E-state index in [-0.39, 0.29) is 24.5 Å². The number of rotatable bonds is 8. The number of nitro groups is 1. The molecular weight excluding hydrogens is 518 g/mol. The number of methoxy groups -OCH3 is 1. The zero-order chi connectivity index (χ0) is 24.9. The van der Waals surface area contributed by atoms with E-state index in [2.05, 4.69) is 21.2 Å². The first-order valence-electron chi connectivity index (χ1n) is 10.5. The van der Waals surface area contributed by atoms with E-state index in [0.29, 0.717) is 27.1 Å². The maximum Gasteiger partial charge on any atom is 0.329 e. The van der Waals surface area contributed by atoms with Gasteiger partial charge in [-0.1, -0.05) is 58.4 Å². The third-order valence-electron chi connectivity index (χ3n) is 5.24. The van der Waals surface area contributed by atoms with Gasteiger partial charge in [0.25, 0.3) is 11.6 Å². The van der Waals surface area contributed by atoms with Crippen LogP contribution in [0.3, 0.4) is 0 Å². The van der Waals surface area contributed by atoms with Crippen molar-refractivity contribution < 1.29 is 24.0 Å². The highest BCUT2D eigenvalue weighted by Gasteiger charge is 2.33. The van der Waals surface area contributed by atoms with Crippen molar-refractivity contribution in [1.82, 2.24) is 10.2 Å². The molecule has 3 aromatic carbocycles. The van der Waals surface area contributed by atoms with Crippen molar-refractivity contribution in [2.24, 2.45) is 0 Å². The van der Waals surface area contributed by atoms with Crippen molar-refractivity contribution in [2.45, 2.75) is 13.2 Å². The van der Waals surface area contributed by atoms with Crippen LogP contribution in [0.15, 0.2) is 76.9 Å². The third kappa shape index (κ3) is 5.49. The standard InChI is InChI=1S/C25H20BrN3O6/c1-34-22-12-18(11-21-24(30)28(25(31)27-21)14-16-6-3-2-4-7-16)20(26)13-23(22)35-15-17-8-5-9-19(10-17)29(32)33/h2-13H,14-15H2,1H3,(H,27,31)/b21-11+. The third-order valence-corrected chi connectivity index (χ3v) is 5.93. The normalized spacial score (nSPS) is 14.2. The molecule has 3 amide bonds. The number of carbonyl (C=O) groups is 2. The summed E-state index contributed by atoms with van der Waals surface area (Å²) in [5.41, 5.74) is 2.17. The molecule has 0 aromatic heterocycles. The van der Waals surface area contributed by atoms with Gasteiger partial charge in [0, 0.05) is 16.6 Å². The first-order chi connectivity index (χ1) is 16.9. The Morgan fingerprint density at radius 2 is 1.77 bits per heavy atom. The van der Waals surface area contributed by atoms with E-state index >= 15 is 0 Å². The summed E-state index contributed by atoms with van der Waals surface area (Å²) in [4.78, 5) is 36.9. The van der Waals surface area contributed by atoms with Crippen molar-refractivity contribution in [1.29, 1.82) is 0 Å². The van der Waals surface area contributed by atoms with Crippen molar-refractivity contribution in [3.8, 4) is 11.5 Å². The van der Waals surface area contributed by atoms with Crippen LogP contribution in [0.25, 0.3) is 6.08 Å². The molecule has 178 valence electrons. The van der Waals surface area contributed by atoms with E-state index in [1.54, 1.807) is 30.3 Å². The minimum Gasteiger partial charge on any atom is -0.493 e. The molecule has 0 aliphatic carbocycles. The Hall–Kier alpha value is -4.18. The summed E-state index contributed by atoms with van der Waals surface area (Å²) in [7, 11) is 1.48. The maximum atomic E-state index is 12.8. The van der Waals surface area contributed by atoms with Crippen LogP contribution >= 0.6 is 15.9 Å². The molecule has 4 rings (SSSR count). The highest BCUT2D eigenvalue weighted by Crippen LogP contribution is 2.35. The molecule has 10 heteroatoms. The second-order valence-electron chi connectivity index (χ2n) is 7.61. The molecular formula is C25H20BrN3O6. The Balaban J connectivity index is 1.53. The van der Waals surface area contributed by atoms with Crippen LogP contribution in [0.4, 0.5) is 10.5 Å². The van der Waals surface area contributed by atoms with Crippen molar-refractivity contribution in [2.75, 3.05) is 7.11 Å². The number of benzene rings is 3. The van der Waals surface area contributed by atoms with Crippen LogP contribution in [0, 0.1) is 10.1 Å². The topological polar surface area (TPSA) is 111 Å². The van der Waals surface area contributed by atoms with Gasteiger partial charge in [0.1, 0.15) is 12.3 Å². The van der Waals surface area contributed by atoms with Gasteiger partial charge in [-0.25, -0.2) is 4.79 Å². The number of nitrogens with zero attached hydrogens (tertiary/aromatic N) is 2. The molecule has 1 fully saturated rings. The lowest BCUT2D eigenvalue weighted by atomic mass is 10.1. The molecule has 1 saturated heterocycles. The monoisotopic (exact) mass is 537 g/mol. The number of urea groups is 1. The predicted octanol–water partition coefficient (Wildman–Crippen LogP) is 5.04. The average molecular weight is 538 g/mol. The lowest BCUT2D eigenvalue weighted by Gasteiger charge is -2.13. The molecule has 1 N–H and O–H groups in total. The van der Waals surface area contributed by atoms with Gasteiger partial charge in [-0.2, -0.15) is 0 Å². The number of imide groups is 1. The highest BCUT2D eigenvalue weighted by molar-refractivity contribution is 9.10. The number of ether oxygens (including phenoxy) is 2. The molecule has 9 nitrogen and oxygen atoms in total. The van der Waals surface area contributed by atoms with E-state index in [0.717, 1.165) is 10.5 Å². The number of hydrogen-bond donors (Lipinski definition) is 1. The van der Waals surface area contributed by atoms with Crippen molar-refractivity contribution >= 4 is 39.6 Å². The number of nitro benzene ring substituents is 1. The molecule has 0 radical (unpaired) electrons. The fourth-order valence-electron chi connectivity index (χ4n) is 3.49. The minimum absolute atomic E-state index is 0.0224. The number of hydrogen-bond acceptors (Lipinski definition) is 6. The van der Waals surface area contributed by atoms with E-state index in [9.17, 15) is 19.7 Å². The zero-order valence-electron chi connectivity index (χ0n) is 18.6. The summed E-state index contributed by atoms with van der Waals surface area (Å²) >= 11 is 3.47. The molecule has 3 aromatic rings. The van der Waals surface area contributed by atoms with Crippen LogP contribution in [0.2, 0.25) is 0 Å². The second-order valence-corrected chi connectivity index (χ2v) is 8.46. The fourth-order valence-corrected chi connectivity index (χ4v) is 3.93. The maximum absolute atomic E-state index is 12.8. The van der Waals surface area contributed by atoms with E-state index < -0.39 is 16.9 Å². The summed E-state index contributed by atoms with van der Waals surface area (Å²) in [5.74, 6) is 0.361. The van der Waals surface area contributed by atoms with E-state index in [1.807, 2.05) is 30.3 Å². The Bertz CT molecular complexity index is 1330. The summed E-state index contributed by atoms with van der Waals surface area (Å²) < 4.78 is 11.9. The number of carbonyl (C=O) groups excluding carboxylic acids is 2. The Labute approximate surface area is 209 Å². The van der Waals surface area contributed by atoms with Gasteiger partial charge in [-0.05, 0) is 34.9 Å². The smallest absolute Gasteiger partial charge is 0.329 e. The van der Waals surface area contributed by atoms with Gasteiger partial charge in [0.15, 0.2) is 11.5 Å². The van der Waals surface area contributed by atoms with Crippen molar-refractivity contribution in [3.63, 3.8) is 0 Å². The fraction of sp³-hybridized carbons (Fsp3) is 0.120. The summed E-state index contributed by atoms with van der Waals surface area (Å²) in [6.07, 6.45) is 1.56. The first kappa shape index (κ1) is 24.0. The second kappa shape index (κ2) is 10.4. The number of halogens is 1. The lowest BCUT2D eigenvalue weighted by Crippen LogP contribution is -2.30. The van der Waals surface area contributed by atoms with Crippen LogP contribution in [-0.2, 0) is 17.9 Å². The predicted molar refractivity (Wildman–Crippen MR) is 132 cm³/mol. The number of amides is 3. The Kier molecular flexibility index (Phi) is 7.11. The SMILES string of the molecule is COc1cc(/C=C2/NC(=O)N(Cc3ccccc3)C2=O)c(Br)cc1OCc1cccc([N+](=O)[O-])c1. The van der Waals surface area contributed by atoms with Crippen LogP contribution in [-0.4, -0.2) is 28.9 Å². The van der Waals surface area contributed by atoms with Gasteiger partial charge in [-0.3, -0.25) is 19.8 Å². The number of non-ortho nitro benzene ring substituents is 1. The highest BCUT2D eigenvalue weighted by atomic mass is 79.9. The van der Waals surface area contributed by atoms with Gasteiger partial charge in [0.2, 0.25) is 0 Å². The molecule has 1 aliphatic rings. The molecule has 0 saturated carbocycles. The van der Waals surface area contributed by atoms with Crippen molar-refractivity contribution in [3.05, 3.63) is 104 Å². The summed E-state index contributed by atoms with van der Waals surface area (Å²) in [6.45, 7) is 0.256. The lowest BCUT2D eigenvalue weighted by molar-refractivity contribution is -0.384. The Morgan fingerprint density at radius 3 is 2.49 bits per heavy atom. The molecule has 0 atom stereocenters. The van der Waals surface area contributed by atoms with E-state index in [4.69, 9.17) is 9.47 Å². The molecule has 0 bridgehead atoms. The van der Waals surface area contributed by atoms with Crippen LogP contribution < -0.4 is 14.8 Å². The number of nitrogens with one attached hydrogen (secondary N) is 1. The molecule has 0 spiro atoms. The van der Waals surface area contributed by atoms with Crippen LogP contribution in [0.1, 0.15) is 16.7 Å². The largest absolute Gasteiger partial charge is 0.493 e. The zero-order valence-corrected chi connectivity index (χ0v) is 20.2. The minimum atomic E-state index is -0.495. The van der Waals surface area contributed by atoms with Gasteiger partial charge in [-0.15, -0.1) is 0 Å². The Morgan fingerprint density at radius 1 is 1.03 bits per heavy atom. The molecule has 0 unspecified atom stereocenters. The average Bonchev–Trinajstić information content (AvgIpc) is 3.12. The quantitative estimate of drug-likeness (QED) is 0.186. The van der Waals surface area contributed by atoms with Gasteiger partial charge in [0.05, 0.1) is 18.6 Å². The van der Waals surface area contributed by atoms with Gasteiger partial charge >= 0.3 is 6.03 Å². The van der Waals surface area contributed by atoms with E-state index in [1.165, 1.54) is 19.2 Å².